The molecule has 0 saturated heterocycles. The fraction of sp³-hybridized carbons (Fsp3) is 0.286. The number of ketones is 2. The molecule has 16 heavy (non-hydrogen) atoms. The third kappa shape index (κ3) is 8.88. The maximum Gasteiger partial charge on any atom is 0.178 e. The van der Waals surface area contributed by atoms with Crippen molar-refractivity contribution in [2.24, 2.45) is 0 Å². The zero-order valence-electron chi connectivity index (χ0n) is 9.85. The van der Waals surface area contributed by atoms with Crippen molar-refractivity contribution < 1.29 is 9.59 Å². The second-order valence-electron chi connectivity index (χ2n) is 3.14. The lowest BCUT2D eigenvalue weighted by molar-refractivity contribution is -0.111. The molecule has 0 aromatic carbocycles. The summed E-state index contributed by atoms with van der Waals surface area (Å²) in [5.41, 5.74) is 0. The van der Waals surface area contributed by atoms with Gasteiger partial charge in [-0.1, -0.05) is 38.2 Å². The minimum Gasteiger partial charge on any atom is -0.290 e. The van der Waals surface area contributed by atoms with Crippen LogP contribution in [0.2, 0.25) is 0 Å². The van der Waals surface area contributed by atoms with E-state index in [4.69, 9.17) is 0 Å². The monoisotopic (exact) mass is 218 g/mol. The van der Waals surface area contributed by atoms with E-state index in [1.165, 1.54) is 24.3 Å². The molecule has 0 N–H and O–H groups in total. The van der Waals surface area contributed by atoms with Crippen LogP contribution in [-0.4, -0.2) is 11.6 Å². The number of hydrogen-bond donors (Lipinski definition) is 0. The Balaban J connectivity index is 4.04. The average molecular weight is 218 g/mol. The van der Waals surface area contributed by atoms with Crippen LogP contribution in [0.3, 0.4) is 0 Å². The van der Waals surface area contributed by atoms with Crippen molar-refractivity contribution in [2.45, 2.75) is 26.7 Å². The van der Waals surface area contributed by atoms with Crippen molar-refractivity contribution in [3.8, 4) is 0 Å². The van der Waals surface area contributed by atoms with Crippen molar-refractivity contribution in [1.29, 1.82) is 0 Å². The van der Waals surface area contributed by atoms with Gasteiger partial charge in [0, 0.05) is 0 Å². The van der Waals surface area contributed by atoms with E-state index in [0.717, 1.165) is 12.8 Å². The molecule has 0 rings (SSSR count). The summed E-state index contributed by atoms with van der Waals surface area (Å²) in [5, 5.41) is 0. The van der Waals surface area contributed by atoms with E-state index in [1.807, 2.05) is 13.8 Å². The van der Waals surface area contributed by atoms with Crippen molar-refractivity contribution >= 4 is 11.6 Å². The highest BCUT2D eigenvalue weighted by Gasteiger charge is 1.86. The number of rotatable bonds is 7. The molecule has 0 aromatic rings. The predicted molar refractivity (Wildman–Crippen MR) is 67.2 cm³/mol. The minimum absolute atomic E-state index is 0.0666. The van der Waals surface area contributed by atoms with Crippen molar-refractivity contribution in [1.82, 2.24) is 0 Å². The third-order valence-electron chi connectivity index (χ3n) is 1.67. The topological polar surface area (TPSA) is 34.1 Å². The first-order chi connectivity index (χ1) is 7.70. The van der Waals surface area contributed by atoms with Gasteiger partial charge >= 0.3 is 0 Å². The molecule has 0 aliphatic rings. The standard InChI is InChI=1S/C14H18O2/c1-3-5-9-13(15)11-7-8-12-14(16)10-6-4-2/h5-12H,3-4H2,1-2H3. The fourth-order valence-corrected chi connectivity index (χ4v) is 0.880. The Morgan fingerprint density at radius 1 is 0.750 bits per heavy atom. The summed E-state index contributed by atoms with van der Waals surface area (Å²) in [6.45, 7) is 3.93. The Morgan fingerprint density at radius 3 is 1.44 bits per heavy atom. The van der Waals surface area contributed by atoms with E-state index in [1.54, 1.807) is 24.3 Å². The SMILES string of the molecule is CCC=CC(=O)C=CC=CC(=O)C=CCC. The van der Waals surface area contributed by atoms with Crippen LogP contribution in [0.15, 0.2) is 48.6 Å². The van der Waals surface area contributed by atoms with Crippen molar-refractivity contribution in [3.63, 3.8) is 0 Å². The van der Waals surface area contributed by atoms with E-state index in [9.17, 15) is 9.59 Å². The predicted octanol–water partition coefficient (Wildman–Crippen LogP) is 3.17. The van der Waals surface area contributed by atoms with Gasteiger partial charge < -0.3 is 0 Å². The Kier molecular flexibility index (Phi) is 8.79. The molecule has 0 aromatic heterocycles. The Morgan fingerprint density at radius 2 is 1.12 bits per heavy atom. The summed E-state index contributed by atoms with van der Waals surface area (Å²) in [4.78, 5) is 22.2. The summed E-state index contributed by atoms with van der Waals surface area (Å²) in [7, 11) is 0. The van der Waals surface area contributed by atoms with Gasteiger partial charge in [-0.05, 0) is 37.1 Å². The highest BCUT2D eigenvalue weighted by molar-refractivity contribution is 6.00. The molecule has 0 radical (unpaired) electrons. The zero-order chi connectivity index (χ0) is 12.2. The quantitative estimate of drug-likeness (QED) is 0.486. The maximum absolute atomic E-state index is 11.1. The van der Waals surface area contributed by atoms with E-state index < -0.39 is 0 Å². The first kappa shape index (κ1) is 14.3. The van der Waals surface area contributed by atoms with Gasteiger partial charge in [-0.3, -0.25) is 9.59 Å². The molecule has 0 saturated carbocycles. The lowest BCUT2D eigenvalue weighted by Crippen LogP contribution is -1.85. The van der Waals surface area contributed by atoms with E-state index in [-0.39, 0.29) is 11.6 Å². The number of hydrogen-bond acceptors (Lipinski definition) is 2. The van der Waals surface area contributed by atoms with Crippen LogP contribution in [0, 0.1) is 0 Å². The lowest BCUT2D eigenvalue weighted by atomic mass is 10.2. The summed E-state index contributed by atoms with van der Waals surface area (Å²) in [5.74, 6) is -0.133. The molecule has 2 nitrogen and oxygen atoms in total. The number of carbonyl (C=O) groups excluding carboxylic acids is 2. The maximum atomic E-state index is 11.1. The van der Waals surface area contributed by atoms with Gasteiger partial charge in [0.2, 0.25) is 0 Å². The third-order valence-corrected chi connectivity index (χ3v) is 1.67. The minimum atomic E-state index is -0.0666. The molecule has 86 valence electrons. The Labute approximate surface area is 97.0 Å². The summed E-state index contributed by atoms with van der Waals surface area (Å²) >= 11 is 0. The van der Waals surface area contributed by atoms with Crippen molar-refractivity contribution in [3.05, 3.63) is 48.6 Å². The van der Waals surface area contributed by atoms with Crippen LogP contribution in [-0.2, 0) is 9.59 Å². The van der Waals surface area contributed by atoms with E-state index in [0.29, 0.717) is 0 Å². The lowest BCUT2D eigenvalue weighted by Gasteiger charge is -1.82. The van der Waals surface area contributed by atoms with E-state index in [2.05, 4.69) is 0 Å². The molecule has 0 aliphatic carbocycles. The molecule has 0 unspecified atom stereocenters. The highest BCUT2D eigenvalue weighted by Crippen LogP contribution is 1.88. The number of allylic oxidation sites excluding steroid dienone is 8. The second-order valence-corrected chi connectivity index (χ2v) is 3.14. The normalized spacial score (nSPS) is 12.4. The zero-order valence-corrected chi connectivity index (χ0v) is 9.85. The Hall–Kier alpha value is -1.70. The first-order valence-electron chi connectivity index (χ1n) is 5.46. The van der Waals surface area contributed by atoms with Crippen molar-refractivity contribution in [2.75, 3.05) is 0 Å². The van der Waals surface area contributed by atoms with Gasteiger partial charge in [0.1, 0.15) is 0 Å². The van der Waals surface area contributed by atoms with Crippen LogP contribution in [0.25, 0.3) is 0 Å². The fourth-order valence-electron chi connectivity index (χ4n) is 0.880. The second kappa shape index (κ2) is 9.84. The molecule has 0 amide bonds. The molecule has 0 bridgehead atoms. The summed E-state index contributed by atoms with van der Waals surface area (Å²) in [6.07, 6.45) is 14.3. The number of carbonyl (C=O) groups is 2. The van der Waals surface area contributed by atoms with Gasteiger partial charge in [-0.2, -0.15) is 0 Å². The van der Waals surface area contributed by atoms with Crippen LogP contribution in [0.5, 0.6) is 0 Å². The largest absolute Gasteiger partial charge is 0.290 e. The molecule has 0 aliphatic heterocycles. The summed E-state index contributed by atoms with van der Waals surface area (Å²) < 4.78 is 0. The molecule has 2 heteroatoms. The van der Waals surface area contributed by atoms with Crippen LogP contribution in [0.1, 0.15) is 26.7 Å². The molecular weight excluding hydrogens is 200 g/mol. The molecule has 0 spiro atoms. The molecule has 0 atom stereocenters. The van der Waals surface area contributed by atoms with Crippen LogP contribution < -0.4 is 0 Å². The molecule has 0 heterocycles. The first-order valence-corrected chi connectivity index (χ1v) is 5.46. The van der Waals surface area contributed by atoms with E-state index >= 15 is 0 Å². The smallest absolute Gasteiger partial charge is 0.178 e. The van der Waals surface area contributed by atoms with Gasteiger partial charge in [-0.15, -0.1) is 0 Å². The van der Waals surface area contributed by atoms with Gasteiger partial charge in [0.15, 0.2) is 11.6 Å². The van der Waals surface area contributed by atoms with Crippen LogP contribution in [0.4, 0.5) is 0 Å². The average Bonchev–Trinajstić information content (AvgIpc) is 2.29. The van der Waals surface area contributed by atoms with Crippen LogP contribution >= 0.6 is 0 Å². The summed E-state index contributed by atoms with van der Waals surface area (Å²) in [6, 6.07) is 0. The highest BCUT2D eigenvalue weighted by atomic mass is 16.1. The molecular formula is C14H18O2. The van der Waals surface area contributed by atoms with Gasteiger partial charge in [0.25, 0.3) is 0 Å². The van der Waals surface area contributed by atoms with Gasteiger partial charge in [-0.25, -0.2) is 0 Å². The molecule has 0 fully saturated rings. The Bertz CT molecular complexity index is 297. The van der Waals surface area contributed by atoms with Gasteiger partial charge in [0.05, 0.1) is 0 Å².